The molecule has 7 nitrogen and oxygen atoms in total. The molecule has 0 saturated carbocycles. The van der Waals surface area contributed by atoms with Crippen molar-refractivity contribution in [2.45, 2.75) is 32.7 Å². The maximum absolute atomic E-state index is 11.2. The maximum atomic E-state index is 11.2. The summed E-state index contributed by atoms with van der Waals surface area (Å²) in [6.07, 6.45) is 2.84. The highest BCUT2D eigenvalue weighted by Gasteiger charge is 2.37. The number of piperidine rings is 1. The van der Waals surface area contributed by atoms with Gasteiger partial charge in [0.1, 0.15) is 0 Å². The van der Waals surface area contributed by atoms with Gasteiger partial charge in [-0.05, 0) is 29.3 Å². The van der Waals surface area contributed by atoms with Gasteiger partial charge in [0.05, 0.1) is 12.6 Å². The molecule has 0 radical (unpaired) electrons. The average Bonchev–Trinajstić information content (AvgIpc) is 2.70. The van der Waals surface area contributed by atoms with E-state index in [4.69, 9.17) is 0 Å². The van der Waals surface area contributed by atoms with E-state index in [-0.39, 0.29) is 6.03 Å². The topological polar surface area (TPSA) is 65.1 Å². The van der Waals surface area contributed by atoms with E-state index in [0.717, 1.165) is 19.6 Å². The molecule has 124 valence electrons. The predicted molar refractivity (Wildman–Crippen MR) is 90.4 cm³/mol. The summed E-state index contributed by atoms with van der Waals surface area (Å²) in [5.74, 6) is 0. The molecule has 0 aromatic heterocycles. The highest BCUT2D eigenvalue weighted by molar-refractivity contribution is 7.14. The Labute approximate surface area is 132 Å². The Bertz CT molecular complexity index is 304. The lowest BCUT2D eigenvalue weighted by Crippen LogP contribution is -2.30. The van der Waals surface area contributed by atoms with Crippen molar-refractivity contribution in [2.24, 2.45) is 0 Å². The van der Waals surface area contributed by atoms with E-state index in [1.807, 2.05) is 30.5 Å². The van der Waals surface area contributed by atoms with E-state index >= 15 is 0 Å². The molecule has 0 aliphatic carbocycles. The van der Waals surface area contributed by atoms with Crippen LogP contribution in [-0.4, -0.2) is 66.0 Å². The number of hydrogen-bond acceptors (Lipinski definition) is 4. The summed E-state index contributed by atoms with van der Waals surface area (Å²) in [5.41, 5.74) is 2.09. The minimum absolute atomic E-state index is 0.188. The van der Waals surface area contributed by atoms with Crippen LogP contribution in [0.1, 0.15) is 26.7 Å². The molecular weight excluding hydrogens is 310 g/mol. The number of hydrogen-bond donors (Lipinski definition) is 1. The number of amides is 3. The third-order valence-electron chi connectivity index (χ3n) is 2.96. The standard InChI is InChI=1S/C6H11N2OP.C4H11N2O2P.C2H6/c9-6-7-3-1-2-5(4-7)8(6)10;1-6(9)2-3-8-5-4-7;1-2/h5H,1-4,10H2;4H,2-3,9H2,1H3,(H,5,7);1-2H3. The normalized spacial score (nSPS) is 19.5. The van der Waals surface area contributed by atoms with Gasteiger partial charge in [-0.1, -0.05) is 23.2 Å². The number of carbonyl (C=O) groups is 2. The molecule has 0 aromatic carbocycles. The molecule has 2 aliphatic rings. The van der Waals surface area contributed by atoms with E-state index < -0.39 is 0 Å². The molecule has 2 fully saturated rings. The van der Waals surface area contributed by atoms with Gasteiger partial charge in [0, 0.05) is 19.6 Å². The van der Waals surface area contributed by atoms with Crippen molar-refractivity contribution in [3.05, 3.63) is 0 Å². The highest BCUT2D eigenvalue weighted by atomic mass is 31.0. The first-order valence-electron chi connectivity index (χ1n) is 7.16. The first-order valence-corrected chi connectivity index (χ1v) is 8.19. The molecule has 0 spiro atoms. The van der Waals surface area contributed by atoms with Crippen molar-refractivity contribution in [2.75, 3.05) is 33.3 Å². The molecule has 2 aliphatic heterocycles. The summed E-state index contributed by atoms with van der Waals surface area (Å²) < 4.78 is 3.67. The van der Waals surface area contributed by atoms with Gasteiger partial charge in [-0.25, -0.2) is 10.3 Å². The Morgan fingerprint density at radius 3 is 2.67 bits per heavy atom. The van der Waals surface area contributed by atoms with Gasteiger partial charge >= 0.3 is 6.03 Å². The lowest BCUT2D eigenvalue weighted by molar-refractivity contribution is -0.120. The summed E-state index contributed by atoms with van der Waals surface area (Å²) >= 11 is 0. The molecule has 1 N–H and O–H groups in total. The summed E-state index contributed by atoms with van der Waals surface area (Å²) in [6, 6.07) is 0.666. The third-order valence-corrected chi connectivity index (χ3v) is 3.86. The van der Waals surface area contributed by atoms with Crippen LogP contribution in [0.2, 0.25) is 0 Å². The number of fused-ring (bicyclic) bond motifs is 2. The number of urea groups is 1. The number of hydroxylamine groups is 1. The quantitative estimate of drug-likeness (QED) is 0.353. The van der Waals surface area contributed by atoms with Crippen LogP contribution < -0.4 is 5.48 Å². The van der Waals surface area contributed by atoms with Crippen molar-refractivity contribution in [1.82, 2.24) is 19.7 Å². The fourth-order valence-corrected chi connectivity index (χ4v) is 2.47. The fraction of sp³-hybridized carbons (Fsp3) is 0.833. The van der Waals surface area contributed by atoms with Gasteiger partial charge in [0.25, 0.3) is 0 Å². The predicted octanol–water partition coefficient (Wildman–Crippen LogP) is 1.09. The molecule has 0 aromatic rings. The van der Waals surface area contributed by atoms with Crippen molar-refractivity contribution in [3.8, 4) is 0 Å². The van der Waals surface area contributed by atoms with Crippen LogP contribution in [0.4, 0.5) is 4.79 Å². The zero-order valence-corrected chi connectivity index (χ0v) is 15.4. The highest BCUT2D eigenvalue weighted by Crippen LogP contribution is 2.27. The Morgan fingerprint density at radius 2 is 2.19 bits per heavy atom. The number of nitrogens with zero attached hydrogens (tertiary/aromatic N) is 3. The molecular formula is C12H28N4O3P2. The largest absolute Gasteiger partial charge is 0.323 e. The SMILES string of the molecule is CC.CN(P)CCONC=O.O=C1N2CCCC(C2)N1P. The fourth-order valence-electron chi connectivity index (χ4n) is 1.96. The average molecular weight is 338 g/mol. The van der Waals surface area contributed by atoms with Gasteiger partial charge in [-0.3, -0.25) is 14.3 Å². The van der Waals surface area contributed by atoms with Crippen LogP contribution in [0, 0.1) is 0 Å². The molecule has 2 bridgehead atoms. The van der Waals surface area contributed by atoms with Gasteiger partial charge < -0.3 is 9.57 Å². The van der Waals surface area contributed by atoms with E-state index in [1.165, 1.54) is 12.8 Å². The van der Waals surface area contributed by atoms with Gasteiger partial charge in [0.15, 0.2) is 0 Å². The van der Waals surface area contributed by atoms with Crippen LogP contribution in [0.15, 0.2) is 0 Å². The van der Waals surface area contributed by atoms with Crippen LogP contribution in [-0.2, 0) is 9.63 Å². The lowest BCUT2D eigenvalue weighted by Gasteiger charge is -2.19. The lowest BCUT2D eigenvalue weighted by atomic mass is 10.1. The van der Waals surface area contributed by atoms with Crippen LogP contribution >= 0.6 is 18.8 Å². The molecule has 3 amide bonds. The van der Waals surface area contributed by atoms with Crippen LogP contribution in [0.5, 0.6) is 0 Å². The van der Waals surface area contributed by atoms with E-state index in [1.54, 1.807) is 4.67 Å². The van der Waals surface area contributed by atoms with Gasteiger partial charge in [-0.2, -0.15) is 0 Å². The first-order chi connectivity index (χ1) is 10.1. The van der Waals surface area contributed by atoms with E-state index in [2.05, 4.69) is 29.1 Å². The number of carbonyl (C=O) groups excluding carboxylic acids is 2. The second-order valence-corrected chi connectivity index (χ2v) is 5.93. The second-order valence-electron chi connectivity index (χ2n) is 4.50. The van der Waals surface area contributed by atoms with Crippen molar-refractivity contribution >= 4 is 31.2 Å². The Morgan fingerprint density at radius 1 is 1.52 bits per heavy atom. The zero-order valence-electron chi connectivity index (χ0n) is 13.1. The molecule has 2 saturated heterocycles. The summed E-state index contributed by atoms with van der Waals surface area (Å²) in [5, 5.41) is 0. The summed E-state index contributed by atoms with van der Waals surface area (Å²) in [6.45, 7) is 7.17. The minimum atomic E-state index is 0.188. The minimum Gasteiger partial charge on any atom is -0.322 e. The zero-order chi connectivity index (χ0) is 16.3. The molecule has 21 heavy (non-hydrogen) atoms. The Hall–Kier alpha value is -0.480. The first kappa shape index (κ1) is 20.5. The molecule has 2 heterocycles. The van der Waals surface area contributed by atoms with Crippen LogP contribution in [0.25, 0.3) is 0 Å². The van der Waals surface area contributed by atoms with Crippen molar-refractivity contribution < 1.29 is 14.4 Å². The number of likely N-dealkylation sites (N-methyl/N-ethyl adjacent to an activating group) is 1. The molecule has 3 unspecified atom stereocenters. The smallest absolute Gasteiger partial charge is 0.322 e. The Balaban J connectivity index is 0.000000344. The summed E-state index contributed by atoms with van der Waals surface area (Å²) in [4.78, 5) is 27.4. The molecule has 9 heteroatoms. The van der Waals surface area contributed by atoms with E-state index in [9.17, 15) is 9.59 Å². The molecule has 3 atom stereocenters. The van der Waals surface area contributed by atoms with Gasteiger partial charge in [-0.15, -0.1) is 0 Å². The number of nitrogens with one attached hydrogen (secondary N) is 1. The number of rotatable bonds is 5. The monoisotopic (exact) mass is 338 g/mol. The maximum Gasteiger partial charge on any atom is 0.323 e. The van der Waals surface area contributed by atoms with E-state index in [0.29, 0.717) is 19.1 Å². The summed E-state index contributed by atoms with van der Waals surface area (Å²) in [7, 11) is 6.88. The van der Waals surface area contributed by atoms with Crippen LogP contribution in [0.3, 0.4) is 0 Å². The molecule has 2 rings (SSSR count). The Kier molecular flexibility index (Phi) is 11.8. The van der Waals surface area contributed by atoms with Crippen molar-refractivity contribution in [3.63, 3.8) is 0 Å². The van der Waals surface area contributed by atoms with Crippen molar-refractivity contribution in [1.29, 1.82) is 0 Å². The van der Waals surface area contributed by atoms with Gasteiger partial charge in [0.2, 0.25) is 6.41 Å². The second kappa shape index (κ2) is 12.1. The third kappa shape index (κ3) is 7.91.